The Balaban J connectivity index is 3.27. The Morgan fingerprint density at radius 1 is 1.33 bits per heavy atom. The van der Waals surface area contributed by atoms with Crippen LogP contribution in [0.15, 0.2) is 12.1 Å². The van der Waals surface area contributed by atoms with E-state index in [1.165, 1.54) is 6.07 Å². The standard InChI is InChI=1S/C8H10ClNO2/c1-4(10)5-2-3-6(9)8(12)7(5)11/h2-4,11-12H,10H2,1H3. The molecule has 1 aromatic carbocycles. The minimum Gasteiger partial charge on any atom is -0.504 e. The lowest BCUT2D eigenvalue weighted by Crippen LogP contribution is -2.04. The summed E-state index contributed by atoms with van der Waals surface area (Å²) in [5, 5.41) is 18.7. The highest BCUT2D eigenvalue weighted by Crippen LogP contribution is 2.37. The third-order valence-electron chi connectivity index (χ3n) is 1.62. The predicted octanol–water partition coefficient (Wildman–Crippen LogP) is 1.77. The summed E-state index contributed by atoms with van der Waals surface area (Å²) >= 11 is 5.54. The lowest BCUT2D eigenvalue weighted by Gasteiger charge is -2.09. The molecule has 66 valence electrons. The molecule has 0 aliphatic carbocycles. The van der Waals surface area contributed by atoms with Gasteiger partial charge in [0.05, 0.1) is 5.02 Å². The number of benzene rings is 1. The highest BCUT2D eigenvalue weighted by molar-refractivity contribution is 6.32. The van der Waals surface area contributed by atoms with E-state index in [0.717, 1.165) is 0 Å². The SMILES string of the molecule is CC(N)c1ccc(Cl)c(O)c1O. The number of phenols is 2. The monoisotopic (exact) mass is 187 g/mol. The topological polar surface area (TPSA) is 66.5 Å². The third kappa shape index (κ3) is 1.47. The maximum atomic E-state index is 9.33. The summed E-state index contributed by atoms with van der Waals surface area (Å²) < 4.78 is 0. The van der Waals surface area contributed by atoms with Crippen LogP contribution in [-0.4, -0.2) is 10.2 Å². The third-order valence-corrected chi connectivity index (χ3v) is 1.93. The van der Waals surface area contributed by atoms with Crippen molar-refractivity contribution in [2.45, 2.75) is 13.0 Å². The number of nitrogens with two attached hydrogens (primary N) is 1. The Bertz CT molecular complexity index is 299. The zero-order valence-electron chi connectivity index (χ0n) is 6.58. The van der Waals surface area contributed by atoms with Gasteiger partial charge in [0.15, 0.2) is 11.5 Å². The number of halogens is 1. The summed E-state index contributed by atoms with van der Waals surface area (Å²) in [4.78, 5) is 0. The second-order valence-electron chi connectivity index (χ2n) is 2.62. The molecule has 0 saturated heterocycles. The second kappa shape index (κ2) is 3.21. The van der Waals surface area contributed by atoms with Crippen molar-refractivity contribution in [2.24, 2.45) is 5.73 Å². The second-order valence-corrected chi connectivity index (χ2v) is 3.03. The highest BCUT2D eigenvalue weighted by Gasteiger charge is 2.12. The van der Waals surface area contributed by atoms with Gasteiger partial charge in [-0.15, -0.1) is 0 Å². The van der Waals surface area contributed by atoms with E-state index in [4.69, 9.17) is 17.3 Å². The number of aromatic hydroxyl groups is 2. The Morgan fingerprint density at radius 2 is 1.92 bits per heavy atom. The molecule has 0 heterocycles. The molecular weight excluding hydrogens is 178 g/mol. The molecule has 1 rings (SSSR count). The van der Waals surface area contributed by atoms with Crippen molar-refractivity contribution in [3.05, 3.63) is 22.7 Å². The van der Waals surface area contributed by atoms with Gasteiger partial charge in [-0.3, -0.25) is 0 Å². The molecule has 0 aliphatic rings. The van der Waals surface area contributed by atoms with Crippen molar-refractivity contribution in [3.63, 3.8) is 0 Å². The summed E-state index contributed by atoms with van der Waals surface area (Å²) in [6.07, 6.45) is 0. The molecule has 12 heavy (non-hydrogen) atoms. The van der Waals surface area contributed by atoms with Gasteiger partial charge in [-0.1, -0.05) is 17.7 Å². The zero-order valence-corrected chi connectivity index (χ0v) is 7.34. The molecule has 0 amide bonds. The van der Waals surface area contributed by atoms with Gasteiger partial charge in [-0.05, 0) is 13.0 Å². The normalized spacial score (nSPS) is 12.9. The van der Waals surface area contributed by atoms with Crippen LogP contribution < -0.4 is 5.73 Å². The van der Waals surface area contributed by atoms with E-state index < -0.39 is 0 Å². The van der Waals surface area contributed by atoms with Gasteiger partial charge in [-0.2, -0.15) is 0 Å². The molecule has 0 spiro atoms. The molecule has 0 radical (unpaired) electrons. The highest BCUT2D eigenvalue weighted by atomic mass is 35.5. The first-order chi connectivity index (χ1) is 5.54. The predicted molar refractivity (Wildman–Crippen MR) is 47.4 cm³/mol. The van der Waals surface area contributed by atoms with Crippen LogP contribution in [0.5, 0.6) is 11.5 Å². The first-order valence-corrected chi connectivity index (χ1v) is 3.87. The number of phenolic OH excluding ortho intramolecular Hbond substituents is 2. The van der Waals surface area contributed by atoms with Crippen molar-refractivity contribution in [3.8, 4) is 11.5 Å². The molecule has 1 atom stereocenters. The van der Waals surface area contributed by atoms with Crippen LogP contribution in [0, 0.1) is 0 Å². The van der Waals surface area contributed by atoms with E-state index in [2.05, 4.69) is 0 Å². The van der Waals surface area contributed by atoms with Crippen LogP contribution in [0.25, 0.3) is 0 Å². The van der Waals surface area contributed by atoms with E-state index in [-0.39, 0.29) is 22.6 Å². The lowest BCUT2D eigenvalue weighted by atomic mass is 10.1. The zero-order chi connectivity index (χ0) is 9.30. The Hall–Kier alpha value is -0.930. The smallest absolute Gasteiger partial charge is 0.176 e. The summed E-state index contributed by atoms with van der Waals surface area (Å²) in [6, 6.07) is 2.75. The molecule has 1 unspecified atom stereocenters. The average Bonchev–Trinajstić information content (AvgIpc) is 2.00. The Kier molecular flexibility index (Phi) is 2.45. The van der Waals surface area contributed by atoms with Crippen LogP contribution in [-0.2, 0) is 0 Å². The first-order valence-electron chi connectivity index (χ1n) is 3.50. The molecular formula is C8H10ClNO2. The quantitative estimate of drug-likeness (QED) is 0.587. The van der Waals surface area contributed by atoms with Crippen LogP contribution in [0.1, 0.15) is 18.5 Å². The van der Waals surface area contributed by atoms with Crippen molar-refractivity contribution >= 4 is 11.6 Å². The molecule has 0 aromatic heterocycles. The fourth-order valence-corrected chi connectivity index (χ4v) is 1.09. The minimum atomic E-state index is -0.326. The fourth-order valence-electron chi connectivity index (χ4n) is 0.938. The van der Waals surface area contributed by atoms with Crippen LogP contribution in [0.4, 0.5) is 0 Å². The fraction of sp³-hybridized carbons (Fsp3) is 0.250. The van der Waals surface area contributed by atoms with E-state index in [0.29, 0.717) is 5.56 Å². The Morgan fingerprint density at radius 3 is 2.42 bits per heavy atom. The van der Waals surface area contributed by atoms with Crippen molar-refractivity contribution in [1.82, 2.24) is 0 Å². The van der Waals surface area contributed by atoms with E-state index in [1.807, 2.05) is 0 Å². The van der Waals surface area contributed by atoms with Gasteiger partial charge in [0.2, 0.25) is 0 Å². The van der Waals surface area contributed by atoms with Crippen LogP contribution in [0.3, 0.4) is 0 Å². The largest absolute Gasteiger partial charge is 0.504 e. The molecule has 4 heteroatoms. The van der Waals surface area contributed by atoms with Gasteiger partial charge in [-0.25, -0.2) is 0 Å². The van der Waals surface area contributed by atoms with Gasteiger partial charge in [0, 0.05) is 11.6 Å². The Labute approximate surface area is 75.4 Å². The van der Waals surface area contributed by atoms with Crippen molar-refractivity contribution in [1.29, 1.82) is 0 Å². The lowest BCUT2D eigenvalue weighted by molar-refractivity contribution is 0.397. The summed E-state index contributed by atoms with van der Waals surface area (Å²) in [5.41, 5.74) is 6.00. The number of hydrogen-bond acceptors (Lipinski definition) is 3. The average molecular weight is 188 g/mol. The maximum absolute atomic E-state index is 9.33. The molecule has 0 fully saturated rings. The summed E-state index contributed by atoms with van der Waals surface area (Å²) in [6.45, 7) is 1.71. The van der Waals surface area contributed by atoms with E-state index in [1.54, 1.807) is 13.0 Å². The van der Waals surface area contributed by atoms with E-state index >= 15 is 0 Å². The van der Waals surface area contributed by atoms with E-state index in [9.17, 15) is 10.2 Å². The van der Waals surface area contributed by atoms with Crippen LogP contribution >= 0.6 is 11.6 Å². The molecule has 4 N–H and O–H groups in total. The maximum Gasteiger partial charge on any atom is 0.176 e. The molecule has 0 aliphatic heterocycles. The first kappa shape index (κ1) is 9.16. The van der Waals surface area contributed by atoms with Crippen LogP contribution in [0.2, 0.25) is 5.02 Å². The summed E-state index contributed by atoms with van der Waals surface area (Å²) in [5.74, 6) is -0.552. The van der Waals surface area contributed by atoms with Crippen molar-refractivity contribution in [2.75, 3.05) is 0 Å². The molecule has 1 aromatic rings. The van der Waals surface area contributed by atoms with Gasteiger partial charge >= 0.3 is 0 Å². The number of hydrogen-bond donors (Lipinski definition) is 3. The summed E-state index contributed by atoms with van der Waals surface area (Å²) in [7, 11) is 0. The molecule has 3 nitrogen and oxygen atoms in total. The molecule has 0 bridgehead atoms. The van der Waals surface area contributed by atoms with Gasteiger partial charge in [0.25, 0.3) is 0 Å². The molecule has 0 saturated carbocycles. The van der Waals surface area contributed by atoms with Gasteiger partial charge in [0.1, 0.15) is 0 Å². The van der Waals surface area contributed by atoms with Crippen molar-refractivity contribution < 1.29 is 10.2 Å². The van der Waals surface area contributed by atoms with Gasteiger partial charge < -0.3 is 15.9 Å². The number of rotatable bonds is 1. The minimum absolute atomic E-state index is 0.122.